The van der Waals surface area contributed by atoms with Gasteiger partial charge in [0.05, 0.1) is 0 Å². The van der Waals surface area contributed by atoms with Crippen LogP contribution < -0.4 is 17.0 Å². The smallest absolute Gasteiger partial charge is 0.126 e. The van der Waals surface area contributed by atoms with E-state index in [0.717, 1.165) is 38.0 Å². The first-order valence-electron chi connectivity index (χ1n) is 6.59. The van der Waals surface area contributed by atoms with Gasteiger partial charge in [-0.15, -0.1) is 0 Å². The molecule has 0 saturated carbocycles. The number of nitrogens with one attached hydrogen (secondary N) is 1. The highest BCUT2D eigenvalue weighted by atomic mass is 15.2. The number of aromatic nitrogens is 1. The van der Waals surface area contributed by atoms with Gasteiger partial charge in [0.1, 0.15) is 5.82 Å². The third-order valence-corrected chi connectivity index (χ3v) is 3.32. The second kappa shape index (κ2) is 8.02. The summed E-state index contributed by atoms with van der Waals surface area (Å²) in [5, 5.41) is 0. The second-order valence-electron chi connectivity index (χ2n) is 4.43. The van der Waals surface area contributed by atoms with Crippen LogP contribution in [0, 0.1) is 0 Å². The van der Waals surface area contributed by atoms with E-state index >= 15 is 0 Å². The molecule has 0 amide bonds. The lowest BCUT2D eigenvalue weighted by atomic mass is 10.0. The summed E-state index contributed by atoms with van der Waals surface area (Å²) in [5.74, 6) is 6.21. The molecule has 0 aromatic carbocycles. The fourth-order valence-corrected chi connectivity index (χ4v) is 2.01. The van der Waals surface area contributed by atoms with Crippen LogP contribution in [0.5, 0.6) is 0 Å². The summed E-state index contributed by atoms with van der Waals surface area (Å²) >= 11 is 0. The number of nitrogen functional groups attached to an aromatic ring is 1. The molecule has 1 aromatic rings. The van der Waals surface area contributed by atoms with Gasteiger partial charge in [-0.25, -0.2) is 4.98 Å². The largest absolute Gasteiger partial charge is 0.383 e. The summed E-state index contributed by atoms with van der Waals surface area (Å²) in [4.78, 5) is 6.48. The van der Waals surface area contributed by atoms with Crippen molar-refractivity contribution < 1.29 is 0 Å². The maximum atomic E-state index is 5.84. The summed E-state index contributed by atoms with van der Waals surface area (Å²) < 4.78 is 0. The summed E-state index contributed by atoms with van der Waals surface area (Å²) in [6.45, 7) is 7.54. The lowest BCUT2D eigenvalue weighted by Crippen LogP contribution is -2.40. The Labute approximate surface area is 110 Å². The van der Waals surface area contributed by atoms with E-state index in [0.29, 0.717) is 5.82 Å². The van der Waals surface area contributed by atoms with E-state index in [1.807, 2.05) is 12.1 Å². The molecule has 0 spiro atoms. The van der Waals surface area contributed by atoms with E-state index < -0.39 is 0 Å². The Morgan fingerprint density at radius 1 is 1.39 bits per heavy atom. The van der Waals surface area contributed by atoms with E-state index in [9.17, 15) is 0 Å². The predicted octanol–water partition coefficient (Wildman–Crippen LogP) is 0.770. The molecule has 5 N–H and O–H groups in total. The van der Waals surface area contributed by atoms with Gasteiger partial charge in [0, 0.05) is 12.2 Å². The molecule has 1 aromatic heterocycles. The summed E-state index contributed by atoms with van der Waals surface area (Å²) in [7, 11) is 0. The average Bonchev–Trinajstić information content (AvgIpc) is 2.40. The number of rotatable bonds is 8. The summed E-state index contributed by atoms with van der Waals surface area (Å²) in [6, 6.07) is 4.14. The molecule has 0 aliphatic carbocycles. The molecule has 0 fully saturated rings. The van der Waals surface area contributed by atoms with Crippen molar-refractivity contribution in [2.24, 2.45) is 5.84 Å². The van der Waals surface area contributed by atoms with Crippen LogP contribution >= 0.6 is 0 Å². The maximum absolute atomic E-state index is 5.84. The Bertz CT molecular complexity index is 338. The van der Waals surface area contributed by atoms with Crippen molar-refractivity contribution in [3.8, 4) is 0 Å². The summed E-state index contributed by atoms with van der Waals surface area (Å²) in [5.41, 5.74) is 9.77. The van der Waals surface area contributed by atoms with Crippen molar-refractivity contribution in [3.63, 3.8) is 0 Å². The van der Waals surface area contributed by atoms with E-state index in [2.05, 4.69) is 29.2 Å². The lowest BCUT2D eigenvalue weighted by Gasteiger charge is -2.22. The van der Waals surface area contributed by atoms with Crippen molar-refractivity contribution in [1.29, 1.82) is 0 Å². The highest BCUT2D eigenvalue weighted by Crippen LogP contribution is 2.11. The van der Waals surface area contributed by atoms with Crippen LogP contribution in [0.1, 0.15) is 25.8 Å². The molecule has 5 heteroatoms. The number of nitrogens with two attached hydrogens (primary N) is 2. The normalized spacial score (nSPS) is 12.9. The Kier molecular flexibility index (Phi) is 6.64. The van der Waals surface area contributed by atoms with Crippen LogP contribution in [0.2, 0.25) is 0 Å². The molecule has 5 nitrogen and oxygen atoms in total. The van der Waals surface area contributed by atoms with Gasteiger partial charge >= 0.3 is 0 Å². The van der Waals surface area contributed by atoms with Crippen molar-refractivity contribution in [3.05, 3.63) is 23.9 Å². The van der Waals surface area contributed by atoms with Gasteiger partial charge in [-0.1, -0.05) is 19.9 Å². The molecule has 1 rings (SSSR count). The first kappa shape index (κ1) is 14.9. The number of hydrazine groups is 1. The third-order valence-electron chi connectivity index (χ3n) is 3.32. The van der Waals surface area contributed by atoms with Crippen molar-refractivity contribution in [2.45, 2.75) is 32.7 Å². The molecule has 0 bridgehead atoms. The molecule has 0 saturated heterocycles. The van der Waals surface area contributed by atoms with Gasteiger partial charge in [0.15, 0.2) is 0 Å². The van der Waals surface area contributed by atoms with Crippen molar-refractivity contribution in [2.75, 3.05) is 25.4 Å². The number of pyridine rings is 1. The zero-order valence-electron chi connectivity index (χ0n) is 11.4. The molecule has 1 atom stereocenters. The summed E-state index contributed by atoms with van der Waals surface area (Å²) in [6.07, 6.45) is 3.53. The highest BCUT2D eigenvalue weighted by molar-refractivity contribution is 5.38. The fourth-order valence-electron chi connectivity index (χ4n) is 2.01. The van der Waals surface area contributed by atoms with Gasteiger partial charge in [-0.2, -0.15) is 0 Å². The number of anilines is 1. The number of nitrogens with zero attached hydrogens (tertiary/aromatic N) is 2. The Balaban J connectivity index is 2.49. The molecule has 0 aliphatic heterocycles. The quantitative estimate of drug-likeness (QED) is 0.470. The Morgan fingerprint density at radius 3 is 2.67 bits per heavy atom. The first-order chi connectivity index (χ1) is 8.71. The van der Waals surface area contributed by atoms with E-state index in [1.165, 1.54) is 0 Å². The Morgan fingerprint density at radius 2 is 2.11 bits per heavy atom. The number of hydrogen-bond donors (Lipinski definition) is 3. The molecule has 0 aliphatic rings. The third kappa shape index (κ3) is 4.60. The van der Waals surface area contributed by atoms with Crippen LogP contribution in [0.4, 0.5) is 5.82 Å². The molecular weight excluding hydrogens is 226 g/mol. The molecule has 1 heterocycles. The second-order valence-corrected chi connectivity index (χ2v) is 4.43. The van der Waals surface area contributed by atoms with Crippen LogP contribution in [0.3, 0.4) is 0 Å². The van der Waals surface area contributed by atoms with Gasteiger partial charge in [0.25, 0.3) is 0 Å². The van der Waals surface area contributed by atoms with E-state index in [4.69, 9.17) is 11.6 Å². The lowest BCUT2D eigenvalue weighted by molar-refractivity contribution is 0.281. The minimum atomic E-state index is 0.233. The van der Waals surface area contributed by atoms with Gasteiger partial charge < -0.3 is 10.6 Å². The van der Waals surface area contributed by atoms with Gasteiger partial charge in [-0.3, -0.25) is 11.3 Å². The molecule has 102 valence electrons. The highest BCUT2D eigenvalue weighted by Gasteiger charge is 2.11. The van der Waals surface area contributed by atoms with Crippen LogP contribution in [-0.4, -0.2) is 35.6 Å². The Hall–Kier alpha value is -1.17. The van der Waals surface area contributed by atoms with Crippen LogP contribution in [-0.2, 0) is 6.42 Å². The van der Waals surface area contributed by atoms with Gasteiger partial charge in [-0.05, 0) is 44.1 Å². The topological polar surface area (TPSA) is 80.2 Å². The predicted molar refractivity (Wildman–Crippen MR) is 75.9 cm³/mol. The van der Waals surface area contributed by atoms with Crippen molar-refractivity contribution in [1.82, 2.24) is 15.3 Å². The van der Waals surface area contributed by atoms with Gasteiger partial charge in [0.2, 0.25) is 0 Å². The molecule has 18 heavy (non-hydrogen) atoms. The SMILES string of the molecule is CCN(CC)CCC(Cc1cccnc1N)NN. The molecule has 1 unspecified atom stereocenters. The van der Waals surface area contributed by atoms with Crippen molar-refractivity contribution >= 4 is 5.82 Å². The maximum Gasteiger partial charge on any atom is 0.126 e. The zero-order valence-corrected chi connectivity index (χ0v) is 11.4. The van der Waals surface area contributed by atoms with Crippen LogP contribution in [0.15, 0.2) is 18.3 Å². The average molecular weight is 251 g/mol. The zero-order chi connectivity index (χ0) is 13.4. The molecule has 0 radical (unpaired) electrons. The minimum Gasteiger partial charge on any atom is -0.383 e. The van der Waals surface area contributed by atoms with Crippen LogP contribution in [0.25, 0.3) is 0 Å². The monoisotopic (exact) mass is 251 g/mol. The van der Waals surface area contributed by atoms with E-state index in [-0.39, 0.29) is 6.04 Å². The van der Waals surface area contributed by atoms with E-state index in [1.54, 1.807) is 6.20 Å². The standard InChI is InChI=1S/C13H25N5/c1-3-18(4-2)9-7-12(17-15)10-11-6-5-8-16-13(11)14/h5-6,8,12,17H,3-4,7,9-10,15H2,1-2H3,(H2,14,16). The minimum absolute atomic E-state index is 0.233. The first-order valence-corrected chi connectivity index (χ1v) is 6.59. The number of hydrogen-bond acceptors (Lipinski definition) is 5. The molecular formula is C13H25N5. The fraction of sp³-hybridized carbons (Fsp3) is 0.615.